The number of amides is 1. The molecule has 1 heterocycles. The molecule has 0 aliphatic carbocycles. The maximum atomic E-state index is 12.1. The van der Waals surface area contributed by atoms with Gasteiger partial charge in [-0.15, -0.1) is 11.3 Å². The lowest BCUT2D eigenvalue weighted by Gasteiger charge is -2.01. The number of thiazole rings is 1. The Kier molecular flexibility index (Phi) is 6.29. The highest BCUT2D eigenvalue weighted by atomic mass is 32.1. The van der Waals surface area contributed by atoms with Crippen LogP contribution in [0.2, 0.25) is 0 Å². The van der Waals surface area contributed by atoms with Crippen molar-refractivity contribution in [2.45, 2.75) is 19.8 Å². The Bertz CT molecular complexity index is 1010. The summed E-state index contributed by atoms with van der Waals surface area (Å²) in [4.78, 5) is 26.9. The number of non-ortho nitro benzene ring substituents is 1. The smallest absolute Gasteiger partial charge is 0.270 e. The van der Waals surface area contributed by atoms with Crippen LogP contribution in [0.4, 0.5) is 10.8 Å². The number of aromatic nitrogens is 1. The minimum atomic E-state index is -0.469. The first kappa shape index (κ1) is 19.4. The number of benzene rings is 2. The zero-order chi connectivity index (χ0) is 19.9. The fourth-order valence-electron chi connectivity index (χ4n) is 2.66. The summed E-state index contributed by atoms with van der Waals surface area (Å²) in [5.74, 6) is -0.342. The van der Waals surface area contributed by atoms with Gasteiger partial charge in [-0.2, -0.15) is 0 Å². The molecule has 0 spiro atoms. The SMILES string of the molecule is CCCc1ccc(-c2csc(NC(=O)C=Cc3cccc([N+](=O)[O-])c3)n2)cc1. The first-order valence-electron chi connectivity index (χ1n) is 8.83. The number of anilines is 1. The molecule has 0 fully saturated rings. The van der Waals surface area contributed by atoms with Crippen molar-refractivity contribution in [2.24, 2.45) is 0 Å². The van der Waals surface area contributed by atoms with Crippen molar-refractivity contribution < 1.29 is 9.72 Å². The molecule has 2 aromatic carbocycles. The summed E-state index contributed by atoms with van der Waals surface area (Å²) in [6.07, 6.45) is 5.02. The van der Waals surface area contributed by atoms with Crippen molar-refractivity contribution >= 4 is 34.1 Å². The lowest BCUT2D eigenvalue weighted by molar-refractivity contribution is -0.384. The third-order valence-electron chi connectivity index (χ3n) is 4.03. The number of nitrogens with zero attached hydrogens (tertiary/aromatic N) is 2. The number of rotatable bonds is 7. The number of nitrogens with one attached hydrogen (secondary N) is 1. The molecule has 0 bridgehead atoms. The number of aryl methyl sites for hydroxylation is 1. The van der Waals surface area contributed by atoms with E-state index in [9.17, 15) is 14.9 Å². The van der Waals surface area contributed by atoms with Gasteiger partial charge in [0.05, 0.1) is 10.6 Å². The number of nitro benzene ring substituents is 1. The second-order valence-electron chi connectivity index (χ2n) is 6.16. The molecule has 1 aromatic heterocycles. The summed E-state index contributed by atoms with van der Waals surface area (Å²) < 4.78 is 0. The monoisotopic (exact) mass is 393 g/mol. The average molecular weight is 393 g/mol. The summed E-state index contributed by atoms with van der Waals surface area (Å²) in [6.45, 7) is 2.15. The Labute approximate surface area is 166 Å². The maximum Gasteiger partial charge on any atom is 0.270 e. The predicted molar refractivity (Wildman–Crippen MR) is 112 cm³/mol. The number of hydrogen-bond donors (Lipinski definition) is 1. The molecule has 1 amide bonds. The van der Waals surface area contributed by atoms with E-state index in [1.807, 2.05) is 17.5 Å². The minimum absolute atomic E-state index is 0.0166. The standard InChI is InChI=1S/C21H19N3O3S/c1-2-4-15-7-10-17(11-8-15)19-14-28-21(22-19)23-20(25)12-9-16-5-3-6-18(13-16)24(26)27/h3,5-14H,2,4H2,1H3,(H,22,23,25). The van der Waals surface area contributed by atoms with Crippen LogP contribution in [-0.4, -0.2) is 15.8 Å². The summed E-state index contributed by atoms with van der Waals surface area (Å²) >= 11 is 1.35. The molecule has 0 radical (unpaired) electrons. The Morgan fingerprint density at radius 2 is 2.04 bits per heavy atom. The second-order valence-corrected chi connectivity index (χ2v) is 7.02. The van der Waals surface area contributed by atoms with Gasteiger partial charge in [0.2, 0.25) is 5.91 Å². The predicted octanol–water partition coefficient (Wildman–Crippen LogP) is 5.32. The molecule has 0 saturated heterocycles. The zero-order valence-corrected chi connectivity index (χ0v) is 16.1. The van der Waals surface area contributed by atoms with E-state index in [1.54, 1.807) is 12.1 Å². The Hall–Kier alpha value is -3.32. The number of carbonyl (C=O) groups excluding carboxylic acids is 1. The molecule has 0 aliphatic rings. The fourth-order valence-corrected chi connectivity index (χ4v) is 3.38. The van der Waals surface area contributed by atoms with Gasteiger partial charge < -0.3 is 0 Å². The van der Waals surface area contributed by atoms with Crippen LogP contribution in [0.1, 0.15) is 24.5 Å². The summed E-state index contributed by atoms with van der Waals surface area (Å²) in [5, 5.41) is 15.9. The highest BCUT2D eigenvalue weighted by molar-refractivity contribution is 7.14. The lowest BCUT2D eigenvalue weighted by Crippen LogP contribution is -2.07. The van der Waals surface area contributed by atoms with Gasteiger partial charge in [-0.3, -0.25) is 20.2 Å². The first-order valence-corrected chi connectivity index (χ1v) is 9.71. The van der Waals surface area contributed by atoms with Gasteiger partial charge in [0, 0.05) is 29.2 Å². The van der Waals surface area contributed by atoms with E-state index in [1.165, 1.54) is 41.2 Å². The number of hydrogen-bond acceptors (Lipinski definition) is 5. The quantitative estimate of drug-likeness (QED) is 0.334. The van der Waals surface area contributed by atoms with Crippen LogP contribution in [0.3, 0.4) is 0 Å². The minimum Gasteiger partial charge on any atom is -0.298 e. The number of carbonyl (C=O) groups is 1. The number of nitro groups is 1. The molecule has 0 atom stereocenters. The van der Waals surface area contributed by atoms with E-state index in [-0.39, 0.29) is 11.6 Å². The van der Waals surface area contributed by atoms with Gasteiger partial charge in [0.25, 0.3) is 5.69 Å². The molecular weight excluding hydrogens is 374 g/mol. The molecular formula is C21H19N3O3S. The van der Waals surface area contributed by atoms with Crippen LogP contribution in [0.5, 0.6) is 0 Å². The largest absolute Gasteiger partial charge is 0.298 e. The van der Waals surface area contributed by atoms with Crippen molar-refractivity contribution in [3.8, 4) is 11.3 Å². The van der Waals surface area contributed by atoms with E-state index in [4.69, 9.17) is 0 Å². The topological polar surface area (TPSA) is 85.1 Å². The van der Waals surface area contributed by atoms with Crippen LogP contribution in [0, 0.1) is 10.1 Å². The molecule has 6 nitrogen and oxygen atoms in total. The van der Waals surface area contributed by atoms with Gasteiger partial charge in [-0.05, 0) is 23.6 Å². The highest BCUT2D eigenvalue weighted by Crippen LogP contribution is 2.25. The molecule has 28 heavy (non-hydrogen) atoms. The van der Waals surface area contributed by atoms with Crippen molar-refractivity contribution in [2.75, 3.05) is 5.32 Å². The molecule has 3 aromatic rings. The van der Waals surface area contributed by atoms with E-state index in [0.29, 0.717) is 10.7 Å². The second kappa shape index (κ2) is 9.05. The molecule has 0 aliphatic heterocycles. The summed E-state index contributed by atoms with van der Waals surface area (Å²) in [5.41, 5.74) is 3.67. The van der Waals surface area contributed by atoms with Crippen LogP contribution in [0.15, 0.2) is 60.0 Å². The van der Waals surface area contributed by atoms with Gasteiger partial charge >= 0.3 is 0 Å². The lowest BCUT2D eigenvalue weighted by atomic mass is 10.1. The van der Waals surface area contributed by atoms with E-state index in [0.717, 1.165) is 24.1 Å². The average Bonchev–Trinajstić information content (AvgIpc) is 3.16. The van der Waals surface area contributed by atoms with Crippen molar-refractivity contribution in [3.63, 3.8) is 0 Å². The summed E-state index contributed by atoms with van der Waals surface area (Å²) in [6, 6.07) is 14.4. The summed E-state index contributed by atoms with van der Waals surface area (Å²) in [7, 11) is 0. The van der Waals surface area contributed by atoms with E-state index < -0.39 is 4.92 Å². The van der Waals surface area contributed by atoms with Gasteiger partial charge in [0.1, 0.15) is 0 Å². The molecule has 0 saturated carbocycles. The Balaban J connectivity index is 1.63. The molecule has 142 valence electrons. The van der Waals surface area contributed by atoms with E-state index in [2.05, 4.69) is 29.4 Å². The van der Waals surface area contributed by atoms with Gasteiger partial charge in [-0.1, -0.05) is 49.7 Å². The molecule has 0 unspecified atom stereocenters. The van der Waals surface area contributed by atoms with Gasteiger partial charge in [-0.25, -0.2) is 4.98 Å². The fraction of sp³-hybridized carbons (Fsp3) is 0.143. The molecule has 7 heteroatoms. The maximum absolute atomic E-state index is 12.1. The third-order valence-corrected chi connectivity index (χ3v) is 4.79. The molecule has 1 N–H and O–H groups in total. The van der Waals surface area contributed by atoms with E-state index >= 15 is 0 Å². The van der Waals surface area contributed by atoms with Crippen LogP contribution in [-0.2, 0) is 11.2 Å². The zero-order valence-electron chi connectivity index (χ0n) is 15.3. The van der Waals surface area contributed by atoms with Crippen molar-refractivity contribution in [1.82, 2.24) is 4.98 Å². The van der Waals surface area contributed by atoms with Gasteiger partial charge in [0.15, 0.2) is 5.13 Å². The first-order chi connectivity index (χ1) is 13.5. The van der Waals surface area contributed by atoms with Crippen LogP contribution >= 0.6 is 11.3 Å². The Morgan fingerprint density at radius 3 is 2.75 bits per heavy atom. The third kappa shape index (κ3) is 5.11. The van der Waals surface area contributed by atoms with Crippen LogP contribution < -0.4 is 5.32 Å². The van der Waals surface area contributed by atoms with Crippen LogP contribution in [0.25, 0.3) is 17.3 Å². The normalized spacial score (nSPS) is 10.9. The Morgan fingerprint density at radius 1 is 1.25 bits per heavy atom. The highest BCUT2D eigenvalue weighted by Gasteiger charge is 2.07. The van der Waals surface area contributed by atoms with Crippen molar-refractivity contribution in [3.05, 3.63) is 81.2 Å². The molecule has 3 rings (SSSR count). The van der Waals surface area contributed by atoms with Crippen molar-refractivity contribution in [1.29, 1.82) is 0 Å².